The molecule has 4 N–H and O–H groups in total. The Hall–Kier alpha value is -3.92. The van der Waals surface area contributed by atoms with Crippen molar-refractivity contribution >= 4 is 29.3 Å². The molecule has 0 aromatic heterocycles. The number of nitrogens with zero attached hydrogens (tertiary/aromatic N) is 1. The molecule has 2 aromatic carbocycles. The quantitative estimate of drug-likeness (QED) is 0.542. The van der Waals surface area contributed by atoms with Crippen LogP contribution < -0.4 is 25.8 Å². The molecule has 0 unspecified atom stereocenters. The minimum atomic E-state index is -1.46. The number of anilines is 1. The molecule has 2 fully saturated rings. The van der Waals surface area contributed by atoms with E-state index in [1.165, 1.54) is 4.90 Å². The zero-order chi connectivity index (χ0) is 24.5. The van der Waals surface area contributed by atoms with Crippen molar-refractivity contribution in [2.24, 2.45) is 17.6 Å². The van der Waals surface area contributed by atoms with Gasteiger partial charge in [0.25, 0.3) is 0 Å². The van der Waals surface area contributed by atoms with E-state index in [-0.39, 0.29) is 19.8 Å². The standard InChI is InChI=1S/C25H24N4O6/c1-2-12-3-5-15-14(7-12)25(24(33)27-15)21-20(16(28-25)9-19(26)30)22(31)29(23(21)32)10-13-4-6-17-18(8-13)35-11-34-17/h3-8,16,20-21,28H,2,9-11H2,1H3,(H2,26,30)(H,27,33)/t16-,20-,21+,25+/m1/s1. The van der Waals surface area contributed by atoms with E-state index in [4.69, 9.17) is 15.2 Å². The molecular formula is C25H24N4O6. The second-order valence-electron chi connectivity index (χ2n) is 9.37. The van der Waals surface area contributed by atoms with E-state index in [9.17, 15) is 19.2 Å². The van der Waals surface area contributed by atoms with Gasteiger partial charge in [-0.25, -0.2) is 0 Å². The second-order valence-corrected chi connectivity index (χ2v) is 9.37. The number of nitrogens with one attached hydrogen (secondary N) is 2. The van der Waals surface area contributed by atoms with E-state index < -0.39 is 47.0 Å². The molecule has 10 heteroatoms. The number of nitrogens with two attached hydrogens (primary N) is 1. The van der Waals surface area contributed by atoms with Gasteiger partial charge in [0, 0.05) is 23.7 Å². The summed E-state index contributed by atoms with van der Waals surface area (Å²) in [4.78, 5) is 54.0. The zero-order valence-corrected chi connectivity index (χ0v) is 19.0. The lowest BCUT2D eigenvalue weighted by Gasteiger charge is -2.29. The summed E-state index contributed by atoms with van der Waals surface area (Å²) in [6.07, 6.45) is 0.565. The molecule has 4 aliphatic rings. The molecule has 0 bridgehead atoms. The molecule has 4 atom stereocenters. The maximum Gasteiger partial charge on any atom is 0.250 e. The Morgan fingerprint density at radius 3 is 2.63 bits per heavy atom. The van der Waals surface area contributed by atoms with Crippen LogP contribution in [0.4, 0.5) is 5.69 Å². The molecule has 35 heavy (non-hydrogen) atoms. The number of hydrogen-bond acceptors (Lipinski definition) is 7. The summed E-state index contributed by atoms with van der Waals surface area (Å²) >= 11 is 0. The third-order valence-electron chi connectivity index (χ3n) is 7.48. The van der Waals surface area contributed by atoms with Crippen molar-refractivity contribution in [2.75, 3.05) is 12.1 Å². The Kier molecular flexibility index (Phi) is 4.65. The van der Waals surface area contributed by atoms with Crippen LogP contribution in [-0.4, -0.2) is 41.4 Å². The molecule has 0 radical (unpaired) electrons. The van der Waals surface area contributed by atoms with Gasteiger partial charge >= 0.3 is 0 Å². The van der Waals surface area contributed by atoms with Crippen LogP contribution in [-0.2, 0) is 37.7 Å². The number of fused-ring (bicyclic) bond motifs is 5. The van der Waals surface area contributed by atoms with Gasteiger partial charge in [0.2, 0.25) is 30.4 Å². The molecule has 4 heterocycles. The van der Waals surface area contributed by atoms with E-state index in [1.807, 2.05) is 25.1 Å². The van der Waals surface area contributed by atoms with Gasteiger partial charge in [-0.1, -0.05) is 25.1 Å². The predicted molar refractivity (Wildman–Crippen MR) is 122 cm³/mol. The van der Waals surface area contributed by atoms with Gasteiger partial charge in [-0.2, -0.15) is 0 Å². The SMILES string of the molecule is CCc1ccc2c(c1)[C@@]1(N[C@H](CC(N)=O)[C@H]3C(=O)N(Cc4ccc5c(c4)OCO5)C(=O)[C@H]31)C(=O)N2. The normalized spacial score (nSPS) is 28.0. The fourth-order valence-electron chi connectivity index (χ4n) is 5.90. The highest BCUT2D eigenvalue weighted by Crippen LogP contribution is 2.53. The minimum absolute atomic E-state index is 0.0180. The van der Waals surface area contributed by atoms with E-state index in [0.29, 0.717) is 28.3 Å². The van der Waals surface area contributed by atoms with Crippen LogP contribution >= 0.6 is 0 Å². The zero-order valence-electron chi connectivity index (χ0n) is 19.0. The van der Waals surface area contributed by atoms with Crippen molar-refractivity contribution in [3.8, 4) is 11.5 Å². The predicted octanol–water partition coefficient (Wildman–Crippen LogP) is 0.774. The average Bonchev–Trinajstić information content (AvgIpc) is 3.55. The Morgan fingerprint density at radius 1 is 1.09 bits per heavy atom. The lowest BCUT2D eigenvalue weighted by Crippen LogP contribution is -2.53. The molecular weight excluding hydrogens is 452 g/mol. The summed E-state index contributed by atoms with van der Waals surface area (Å²) in [6, 6.07) is 10.1. The highest BCUT2D eigenvalue weighted by atomic mass is 16.7. The molecule has 4 aliphatic heterocycles. The number of aryl methyl sites for hydroxylation is 1. The summed E-state index contributed by atoms with van der Waals surface area (Å²) in [5.41, 5.74) is 6.93. The highest BCUT2D eigenvalue weighted by molar-refractivity contribution is 6.15. The first-order valence-electron chi connectivity index (χ1n) is 11.6. The summed E-state index contributed by atoms with van der Waals surface area (Å²) < 4.78 is 10.8. The van der Waals surface area contributed by atoms with E-state index in [0.717, 1.165) is 12.0 Å². The smallest absolute Gasteiger partial charge is 0.250 e. The van der Waals surface area contributed by atoms with Gasteiger partial charge in [-0.05, 0) is 35.7 Å². The van der Waals surface area contributed by atoms with Gasteiger partial charge in [-0.15, -0.1) is 0 Å². The van der Waals surface area contributed by atoms with Gasteiger partial charge in [0.1, 0.15) is 5.54 Å². The molecule has 0 saturated carbocycles. The number of hydrogen-bond donors (Lipinski definition) is 3. The van der Waals surface area contributed by atoms with E-state index in [2.05, 4.69) is 10.6 Å². The Balaban J connectivity index is 1.42. The largest absolute Gasteiger partial charge is 0.454 e. The van der Waals surface area contributed by atoms with E-state index >= 15 is 0 Å². The van der Waals surface area contributed by atoms with Crippen LogP contribution in [0.25, 0.3) is 0 Å². The van der Waals surface area contributed by atoms with Gasteiger partial charge in [0.15, 0.2) is 11.5 Å². The topological polar surface area (TPSA) is 140 Å². The lowest BCUT2D eigenvalue weighted by molar-refractivity contribution is -0.143. The van der Waals surface area contributed by atoms with E-state index in [1.54, 1.807) is 18.2 Å². The van der Waals surface area contributed by atoms with Gasteiger partial charge in [-0.3, -0.25) is 29.4 Å². The first-order chi connectivity index (χ1) is 16.8. The number of amides is 4. The molecule has 6 rings (SSSR count). The first kappa shape index (κ1) is 21.6. The van der Waals surface area contributed by atoms with Gasteiger partial charge in [0.05, 0.1) is 18.4 Å². The first-order valence-corrected chi connectivity index (χ1v) is 11.6. The summed E-state index contributed by atoms with van der Waals surface area (Å²) in [7, 11) is 0. The van der Waals surface area contributed by atoms with Crippen LogP contribution in [0, 0.1) is 11.8 Å². The summed E-state index contributed by atoms with van der Waals surface area (Å²) in [5.74, 6) is -2.67. The van der Waals surface area contributed by atoms with Crippen LogP contribution in [0.5, 0.6) is 11.5 Å². The summed E-state index contributed by atoms with van der Waals surface area (Å²) in [6.45, 7) is 2.13. The van der Waals surface area contributed by atoms with Crippen LogP contribution in [0.15, 0.2) is 36.4 Å². The number of carbonyl (C=O) groups excluding carboxylic acids is 4. The number of primary amides is 1. The Labute approximate surface area is 200 Å². The number of carbonyl (C=O) groups is 4. The fourth-order valence-corrected chi connectivity index (χ4v) is 5.90. The van der Waals surface area contributed by atoms with Crippen LogP contribution in [0.1, 0.15) is 30.0 Å². The highest BCUT2D eigenvalue weighted by Gasteiger charge is 2.70. The number of likely N-dealkylation sites (tertiary alicyclic amines) is 1. The monoisotopic (exact) mass is 476 g/mol. The Bertz CT molecular complexity index is 1310. The molecule has 4 amide bonds. The molecule has 2 aromatic rings. The summed E-state index contributed by atoms with van der Waals surface area (Å²) in [5, 5.41) is 6.08. The van der Waals surface area contributed by atoms with Crippen LogP contribution in [0.3, 0.4) is 0 Å². The fraction of sp³-hybridized carbons (Fsp3) is 0.360. The van der Waals surface area contributed by atoms with Crippen molar-refractivity contribution in [3.05, 3.63) is 53.1 Å². The van der Waals surface area contributed by atoms with Crippen molar-refractivity contribution in [2.45, 2.75) is 37.9 Å². The third kappa shape index (κ3) is 2.99. The number of rotatable bonds is 5. The third-order valence-corrected chi connectivity index (χ3v) is 7.48. The minimum Gasteiger partial charge on any atom is -0.454 e. The Morgan fingerprint density at radius 2 is 1.86 bits per heavy atom. The molecule has 0 aliphatic carbocycles. The molecule has 2 saturated heterocycles. The lowest BCUT2D eigenvalue weighted by atomic mass is 9.76. The second kappa shape index (κ2) is 7.54. The van der Waals surface area contributed by atoms with Crippen molar-refractivity contribution in [1.82, 2.24) is 10.2 Å². The van der Waals surface area contributed by atoms with Gasteiger partial charge < -0.3 is 20.5 Å². The van der Waals surface area contributed by atoms with Crippen LogP contribution in [0.2, 0.25) is 0 Å². The number of benzene rings is 2. The number of imide groups is 1. The molecule has 1 spiro atoms. The van der Waals surface area contributed by atoms with Crippen molar-refractivity contribution < 1.29 is 28.7 Å². The van der Waals surface area contributed by atoms with Crippen molar-refractivity contribution in [3.63, 3.8) is 0 Å². The van der Waals surface area contributed by atoms with Crippen molar-refractivity contribution in [1.29, 1.82) is 0 Å². The number of ether oxygens (including phenoxy) is 2. The average molecular weight is 476 g/mol. The molecule has 10 nitrogen and oxygen atoms in total. The maximum atomic E-state index is 13.9. The molecule has 180 valence electrons. The maximum absolute atomic E-state index is 13.9.